The Morgan fingerprint density at radius 1 is 0.306 bits per heavy atom. The SMILES string of the molecule is CCC1(CC)c2cc(/C=C/c3ccc4cc(-c5cc(-c6ccccc6)c(-c6ccccc6)c(-c6ccccc6)c5-c5ccccc5)ccc4c3)ccc2-c2ccc(N(c3ccccc3)c3ccccc3)cc21. The molecule has 0 spiro atoms. The van der Waals surface area contributed by atoms with Crippen LogP contribution in [0.25, 0.3) is 89.7 Å². The molecule has 12 rings (SSSR count). The fourth-order valence-electron chi connectivity index (χ4n) is 11.5. The predicted molar refractivity (Wildman–Crippen MR) is 308 cm³/mol. The van der Waals surface area contributed by atoms with Crippen LogP contribution in [0.15, 0.2) is 261 Å². The van der Waals surface area contributed by atoms with Gasteiger partial charge < -0.3 is 4.90 Å². The molecule has 344 valence electrons. The maximum Gasteiger partial charge on any atom is 0.0465 e. The minimum Gasteiger partial charge on any atom is -0.310 e. The van der Waals surface area contributed by atoms with E-state index in [1.54, 1.807) is 0 Å². The third-order valence-electron chi connectivity index (χ3n) is 15.1. The van der Waals surface area contributed by atoms with Crippen molar-refractivity contribution in [1.29, 1.82) is 0 Å². The fraction of sp³-hybridized carbons (Fsp3) is 0.0704. The van der Waals surface area contributed by atoms with Crippen LogP contribution in [0.1, 0.15) is 48.9 Å². The highest BCUT2D eigenvalue weighted by atomic mass is 15.1. The summed E-state index contributed by atoms with van der Waals surface area (Å²) in [5, 5.41) is 2.42. The van der Waals surface area contributed by atoms with Crippen LogP contribution in [0.4, 0.5) is 17.1 Å². The van der Waals surface area contributed by atoms with Gasteiger partial charge in [0.1, 0.15) is 0 Å². The molecule has 0 atom stereocenters. The molecule has 11 aromatic carbocycles. The highest BCUT2D eigenvalue weighted by molar-refractivity contribution is 6.08. The molecule has 0 amide bonds. The molecule has 0 unspecified atom stereocenters. The zero-order valence-corrected chi connectivity index (χ0v) is 40.8. The van der Waals surface area contributed by atoms with Crippen molar-refractivity contribution in [2.24, 2.45) is 0 Å². The Labute approximate surface area is 424 Å². The lowest BCUT2D eigenvalue weighted by Gasteiger charge is -2.32. The van der Waals surface area contributed by atoms with Crippen LogP contribution in [0.3, 0.4) is 0 Å². The second-order valence-corrected chi connectivity index (χ2v) is 19.0. The zero-order chi connectivity index (χ0) is 48.4. The summed E-state index contributed by atoms with van der Waals surface area (Å²) in [6.07, 6.45) is 6.62. The lowest BCUT2D eigenvalue weighted by molar-refractivity contribution is 0.490. The van der Waals surface area contributed by atoms with Gasteiger partial charge in [-0.2, -0.15) is 0 Å². The van der Waals surface area contributed by atoms with Crippen molar-refractivity contribution in [1.82, 2.24) is 0 Å². The van der Waals surface area contributed by atoms with Gasteiger partial charge in [0, 0.05) is 22.5 Å². The standard InChI is InChI=1S/C71H55N/c1-3-71(4-2)66-46-51(38-43-62(66)63-44-42-61(48-67(63)71)72(59-31-19-9-20-32-59)60-33-21-10-22-34-60)36-35-50-37-39-57-47-58(41-40-56(57)45-50)65-49-64(52-23-11-5-12-24-52)68(53-25-13-6-14-26-53)70(55-29-17-8-18-30-55)69(65)54-27-15-7-16-28-54/h5-49H,3-4H2,1-2H3/b36-35+. The summed E-state index contributed by atoms with van der Waals surface area (Å²) in [6.45, 7) is 4.72. The molecule has 0 saturated heterocycles. The molecule has 1 heteroatoms. The van der Waals surface area contributed by atoms with E-state index in [9.17, 15) is 0 Å². The summed E-state index contributed by atoms with van der Waals surface area (Å²) in [4.78, 5) is 2.38. The number of nitrogens with zero attached hydrogens (tertiary/aromatic N) is 1. The zero-order valence-electron chi connectivity index (χ0n) is 40.8. The van der Waals surface area contributed by atoms with Crippen LogP contribution >= 0.6 is 0 Å². The Kier molecular flexibility index (Phi) is 11.8. The quantitative estimate of drug-likeness (QED) is 0.110. The van der Waals surface area contributed by atoms with Gasteiger partial charge in [-0.15, -0.1) is 0 Å². The highest BCUT2D eigenvalue weighted by Crippen LogP contribution is 2.55. The second-order valence-electron chi connectivity index (χ2n) is 19.0. The molecular formula is C71H55N. The van der Waals surface area contributed by atoms with Gasteiger partial charge in [-0.05, 0) is 167 Å². The summed E-state index contributed by atoms with van der Waals surface area (Å²) in [6, 6.07) is 95.7. The van der Waals surface area contributed by atoms with E-state index in [2.05, 4.69) is 292 Å². The highest BCUT2D eigenvalue weighted by Gasteiger charge is 2.41. The Bertz CT molecular complexity index is 3680. The fourth-order valence-corrected chi connectivity index (χ4v) is 11.5. The molecule has 72 heavy (non-hydrogen) atoms. The van der Waals surface area contributed by atoms with E-state index in [1.807, 2.05) is 0 Å². The van der Waals surface area contributed by atoms with Gasteiger partial charge in [-0.25, -0.2) is 0 Å². The first-order valence-corrected chi connectivity index (χ1v) is 25.4. The van der Waals surface area contributed by atoms with E-state index in [4.69, 9.17) is 0 Å². The summed E-state index contributed by atoms with van der Waals surface area (Å²) in [5.41, 5.74) is 23.4. The van der Waals surface area contributed by atoms with E-state index in [0.717, 1.165) is 24.2 Å². The summed E-state index contributed by atoms with van der Waals surface area (Å²) >= 11 is 0. The van der Waals surface area contributed by atoms with Crippen molar-refractivity contribution in [3.8, 4) is 66.8 Å². The largest absolute Gasteiger partial charge is 0.310 e. The molecule has 11 aromatic rings. The Morgan fingerprint density at radius 3 is 1.26 bits per heavy atom. The topological polar surface area (TPSA) is 3.24 Å². The van der Waals surface area contributed by atoms with Crippen molar-refractivity contribution >= 4 is 40.0 Å². The van der Waals surface area contributed by atoms with Gasteiger partial charge in [0.25, 0.3) is 0 Å². The van der Waals surface area contributed by atoms with E-state index < -0.39 is 0 Å². The van der Waals surface area contributed by atoms with E-state index in [1.165, 1.54) is 105 Å². The van der Waals surface area contributed by atoms with E-state index >= 15 is 0 Å². The molecular weight excluding hydrogens is 867 g/mol. The Morgan fingerprint density at radius 2 is 0.722 bits per heavy atom. The lowest BCUT2D eigenvalue weighted by atomic mass is 9.73. The first kappa shape index (κ1) is 44.4. The van der Waals surface area contributed by atoms with Gasteiger partial charge in [-0.3, -0.25) is 0 Å². The van der Waals surface area contributed by atoms with Crippen molar-refractivity contribution < 1.29 is 0 Å². The van der Waals surface area contributed by atoms with Crippen LogP contribution in [0, 0.1) is 0 Å². The predicted octanol–water partition coefficient (Wildman–Crippen LogP) is 19.9. The monoisotopic (exact) mass is 921 g/mol. The smallest absolute Gasteiger partial charge is 0.0465 e. The molecule has 1 aliphatic carbocycles. The average Bonchev–Trinajstić information content (AvgIpc) is 3.74. The normalized spacial score (nSPS) is 12.5. The van der Waals surface area contributed by atoms with Crippen LogP contribution < -0.4 is 4.90 Å². The van der Waals surface area contributed by atoms with Crippen LogP contribution in [-0.4, -0.2) is 0 Å². The number of fused-ring (bicyclic) bond motifs is 4. The number of benzene rings is 11. The van der Waals surface area contributed by atoms with Crippen molar-refractivity contribution in [2.75, 3.05) is 4.90 Å². The van der Waals surface area contributed by atoms with Crippen LogP contribution in [0.2, 0.25) is 0 Å². The number of hydrogen-bond donors (Lipinski definition) is 0. The molecule has 0 saturated carbocycles. The van der Waals surface area contributed by atoms with E-state index in [-0.39, 0.29) is 5.41 Å². The maximum absolute atomic E-state index is 2.46. The van der Waals surface area contributed by atoms with Gasteiger partial charge >= 0.3 is 0 Å². The van der Waals surface area contributed by atoms with Crippen molar-refractivity contribution in [3.63, 3.8) is 0 Å². The number of para-hydroxylation sites is 2. The van der Waals surface area contributed by atoms with Crippen molar-refractivity contribution in [2.45, 2.75) is 32.1 Å². The number of rotatable bonds is 12. The van der Waals surface area contributed by atoms with E-state index in [0.29, 0.717) is 0 Å². The number of hydrogen-bond acceptors (Lipinski definition) is 1. The lowest BCUT2D eigenvalue weighted by Crippen LogP contribution is -2.23. The molecule has 0 aliphatic heterocycles. The molecule has 0 fully saturated rings. The van der Waals surface area contributed by atoms with Crippen LogP contribution in [0.5, 0.6) is 0 Å². The minimum atomic E-state index is -0.0871. The molecule has 0 bridgehead atoms. The first-order chi connectivity index (χ1) is 35.6. The van der Waals surface area contributed by atoms with Gasteiger partial charge in [0.2, 0.25) is 0 Å². The second kappa shape index (κ2) is 19.2. The molecule has 0 radical (unpaired) electrons. The average molecular weight is 922 g/mol. The summed E-state index contributed by atoms with van der Waals surface area (Å²) in [7, 11) is 0. The Balaban J connectivity index is 0.917. The molecule has 1 nitrogen and oxygen atoms in total. The summed E-state index contributed by atoms with van der Waals surface area (Å²) < 4.78 is 0. The first-order valence-electron chi connectivity index (χ1n) is 25.4. The van der Waals surface area contributed by atoms with Crippen molar-refractivity contribution in [3.05, 3.63) is 283 Å². The Hall–Kier alpha value is -8.78. The van der Waals surface area contributed by atoms with Gasteiger partial charge in [-0.1, -0.05) is 232 Å². The minimum absolute atomic E-state index is 0.0871. The molecule has 0 aromatic heterocycles. The van der Waals surface area contributed by atoms with Gasteiger partial charge in [0.15, 0.2) is 0 Å². The molecule has 0 N–H and O–H groups in total. The molecule has 0 heterocycles. The molecule has 1 aliphatic rings. The van der Waals surface area contributed by atoms with Crippen LogP contribution in [-0.2, 0) is 5.41 Å². The number of anilines is 3. The third-order valence-corrected chi connectivity index (χ3v) is 15.1. The maximum atomic E-state index is 2.46. The van der Waals surface area contributed by atoms with Gasteiger partial charge in [0.05, 0.1) is 0 Å². The third kappa shape index (κ3) is 8.04. The summed E-state index contributed by atoms with van der Waals surface area (Å²) in [5.74, 6) is 0.